The van der Waals surface area contributed by atoms with Gasteiger partial charge in [0, 0.05) is 32.2 Å². The molecule has 4 nitrogen and oxygen atoms in total. The van der Waals surface area contributed by atoms with Gasteiger partial charge in [0.05, 0.1) is 13.0 Å². The Kier molecular flexibility index (Phi) is 4.34. The fourth-order valence-corrected chi connectivity index (χ4v) is 3.51. The van der Waals surface area contributed by atoms with Gasteiger partial charge < -0.3 is 9.64 Å². The van der Waals surface area contributed by atoms with E-state index in [1.165, 1.54) is 0 Å². The van der Waals surface area contributed by atoms with Gasteiger partial charge in [0.25, 0.3) is 0 Å². The molecule has 120 valence electrons. The summed E-state index contributed by atoms with van der Waals surface area (Å²) >= 11 is 0. The van der Waals surface area contributed by atoms with E-state index in [4.69, 9.17) is 4.74 Å². The van der Waals surface area contributed by atoms with Crippen molar-refractivity contribution in [1.82, 2.24) is 9.80 Å². The predicted molar refractivity (Wildman–Crippen MR) is 82.9 cm³/mol. The second-order valence-electron chi connectivity index (χ2n) is 6.26. The fourth-order valence-electron chi connectivity index (χ4n) is 3.51. The average molecular weight is 306 g/mol. The molecule has 1 amide bonds. The highest BCUT2D eigenvalue weighted by atomic mass is 19.1. The molecule has 0 aliphatic carbocycles. The van der Waals surface area contributed by atoms with E-state index in [1.54, 1.807) is 7.11 Å². The summed E-state index contributed by atoms with van der Waals surface area (Å²) in [6.07, 6.45) is -0.187. The first-order valence-electron chi connectivity index (χ1n) is 7.89. The molecule has 1 aromatic carbocycles. The first-order chi connectivity index (χ1) is 10.6. The molecular weight excluding hydrogens is 283 g/mol. The van der Waals surface area contributed by atoms with Gasteiger partial charge in [-0.15, -0.1) is 0 Å². The topological polar surface area (TPSA) is 32.8 Å². The van der Waals surface area contributed by atoms with E-state index in [1.807, 2.05) is 36.1 Å². The Morgan fingerprint density at radius 1 is 1.36 bits per heavy atom. The number of carbonyl (C=O) groups excluding carboxylic acids is 1. The molecule has 0 radical (unpaired) electrons. The normalized spacial score (nSPS) is 26.6. The van der Waals surface area contributed by atoms with Crippen molar-refractivity contribution in [1.29, 1.82) is 0 Å². The lowest BCUT2D eigenvalue weighted by molar-refractivity contribution is -0.135. The predicted octanol–water partition coefficient (Wildman–Crippen LogP) is 2.05. The van der Waals surface area contributed by atoms with Crippen LogP contribution in [0.3, 0.4) is 0 Å². The number of methoxy groups -OCH3 is 1. The average Bonchev–Trinajstić information content (AvgIpc) is 2.92. The first kappa shape index (κ1) is 15.3. The summed E-state index contributed by atoms with van der Waals surface area (Å²) in [7, 11) is 1.62. The Labute approximate surface area is 130 Å². The maximum Gasteiger partial charge on any atom is 0.229 e. The van der Waals surface area contributed by atoms with Gasteiger partial charge in [0.15, 0.2) is 0 Å². The van der Waals surface area contributed by atoms with Gasteiger partial charge in [-0.1, -0.05) is 12.1 Å². The highest BCUT2D eigenvalue weighted by Gasteiger charge is 2.38. The molecule has 2 heterocycles. The Morgan fingerprint density at radius 3 is 2.95 bits per heavy atom. The summed E-state index contributed by atoms with van der Waals surface area (Å²) in [4.78, 5) is 16.8. The van der Waals surface area contributed by atoms with Gasteiger partial charge in [-0.3, -0.25) is 9.69 Å². The Morgan fingerprint density at radius 2 is 2.18 bits per heavy atom. The third-order valence-electron chi connectivity index (χ3n) is 4.84. The van der Waals surface area contributed by atoms with Crippen molar-refractivity contribution in [2.24, 2.45) is 0 Å². The number of rotatable bonds is 3. The quantitative estimate of drug-likeness (QED) is 0.857. The van der Waals surface area contributed by atoms with E-state index in [0.29, 0.717) is 26.1 Å². The first-order valence-corrected chi connectivity index (χ1v) is 7.89. The molecular formula is C17H23FN2O2. The Balaban J connectivity index is 1.68. The molecule has 0 spiro atoms. The number of amides is 1. The SMILES string of the molecule is COc1cccc(C(C)C(=O)N2CCN3C[C@@H](F)C[C@H]3C2)c1. The molecule has 3 atom stereocenters. The molecule has 1 aromatic rings. The third kappa shape index (κ3) is 2.95. The van der Waals surface area contributed by atoms with Gasteiger partial charge in [-0.2, -0.15) is 0 Å². The van der Waals surface area contributed by atoms with Crippen molar-refractivity contribution in [2.45, 2.75) is 31.5 Å². The molecule has 2 fully saturated rings. The summed E-state index contributed by atoms with van der Waals surface area (Å²) in [5.74, 6) is 0.678. The van der Waals surface area contributed by atoms with Crippen LogP contribution in [0.2, 0.25) is 0 Å². The lowest BCUT2D eigenvalue weighted by Gasteiger charge is -2.38. The van der Waals surface area contributed by atoms with Crippen LogP contribution in [0.25, 0.3) is 0 Å². The molecule has 22 heavy (non-hydrogen) atoms. The minimum atomic E-state index is -0.740. The van der Waals surface area contributed by atoms with Crippen LogP contribution in [0.4, 0.5) is 4.39 Å². The number of benzene rings is 1. The van der Waals surface area contributed by atoms with Gasteiger partial charge >= 0.3 is 0 Å². The lowest BCUT2D eigenvalue weighted by atomic mass is 9.98. The highest BCUT2D eigenvalue weighted by Crippen LogP contribution is 2.27. The van der Waals surface area contributed by atoms with E-state index in [9.17, 15) is 9.18 Å². The molecule has 0 bridgehead atoms. The van der Waals surface area contributed by atoms with Crippen molar-refractivity contribution in [3.63, 3.8) is 0 Å². The van der Waals surface area contributed by atoms with Crippen LogP contribution in [-0.2, 0) is 4.79 Å². The van der Waals surface area contributed by atoms with Gasteiger partial charge in [0.1, 0.15) is 11.9 Å². The maximum absolute atomic E-state index is 13.5. The number of hydrogen-bond acceptors (Lipinski definition) is 3. The summed E-state index contributed by atoms with van der Waals surface area (Å²) in [5.41, 5.74) is 0.960. The second-order valence-corrected chi connectivity index (χ2v) is 6.26. The van der Waals surface area contributed by atoms with Crippen molar-refractivity contribution in [3.8, 4) is 5.75 Å². The Hall–Kier alpha value is -1.62. The van der Waals surface area contributed by atoms with E-state index < -0.39 is 6.17 Å². The molecule has 0 N–H and O–H groups in total. The van der Waals surface area contributed by atoms with Crippen molar-refractivity contribution in [2.75, 3.05) is 33.3 Å². The minimum absolute atomic E-state index is 0.121. The van der Waals surface area contributed by atoms with Crippen LogP contribution in [0.5, 0.6) is 5.75 Å². The van der Waals surface area contributed by atoms with Crippen molar-refractivity contribution in [3.05, 3.63) is 29.8 Å². The van der Waals surface area contributed by atoms with Crippen LogP contribution in [0, 0.1) is 0 Å². The standard InChI is InChI=1S/C17H23FN2O2/c1-12(13-4-3-5-16(8-13)22-2)17(21)20-7-6-19-10-14(18)9-15(19)11-20/h3-5,8,12,14-15H,6-7,9-11H2,1-2H3/t12?,14-,15-/m0/s1. The molecule has 2 saturated heterocycles. The number of halogens is 1. The van der Waals surface area contributed by atoms with Crippen molar-refractivity contribution >= 4 is 5.91 Å². The number of fused-ring (bicyclic) bond motifs is 1. The van der Waals surface area contributed by atoms with Crippen LogP contribution in [0.1, 0.15) is 24.8 Å². The number of piperazine rings is 1. The molecule has 0 saturated carbocycles. The maximum atomic E-state index is 13.5. The summed E-state index contributed by atoms with van der Waals surface area (Å²) in [5, 5.41) is 0. The van der Waals surface area contributed by atoms with Crippen LogP contribution >= 0.6 is 0 Å². The third-order valence-corrected chi connectivity index (χ3v) is 4.84. The number of nitrogens with zero attached hydrogens (tertiary/aromatic N) is 2. The molecule has 5 heteroatoms. The summed E-state index contributed by atoms with van der Waals surface area (Å²) in [6.45, 7) is 4.57. The Bertz CT molecular complexity index is 551. The number of carbonyl (C=O) groups is 1. The van der Waals surface area contributed by atoms with Crippen LogP contribution in [0.15, 0.2) is 24.3 Å². The summed E-state index contributed by atoms with van der Waals surface area (Å²) in [6, 6.07) is 7.82. The highest BCUT2D eigenvalue weighted by molar-refractivity contribution is 5.83. The smallest absolute Gasteiger partial charge is 0.229 e. The van der Waals surface area contributed by atoms with Crippen LogP contribution in [-0.4, -0.2) is 61.2 Å². The molecule has 3 rings (SSSR count). The van der Waals surface area contributed by atoms with E-state index in [2.05, 4.69) is 4.90 Å². The largest absolute Gasteiger partial charge is 0.497 e. The van der Waals surface area contributed by atoms with E-state index in [0.717, 1.165) is 17.9 Å². The number of ether oxygens (including phenoxy) is 1. The van der Waals surface area contributed by atoms with Crippen molar-refractivity contribution < 1.29 is 13.9 Å². The zero-order valence-electron chi connectivity index (χ0n) is 13.2. The lowest BCUT2D eigenvalue weighted by Crippen LogP contribution is -2.52. The molecule has 0 aromatic heterocycles. The zero-order chi connectivity index (χ0) is 15.7. The molecule has 1 unspecified atom stereocenters. The van der Waals surface area contributed by atoms with E-state index in [-0.39, 0.29) is 17.9 Å². The van der Waals surface area contributed by atoms with Gasteiger partial charge in [-0.05, 0) is 31.0 Å². The van der Waals surface area contributed by atoms with E-state index >= 15 is 0 Å². The summed E-state index contributed by atoms with van der Waals surface area (Å²) < 4.78 is 18.7. The van der Waals surface area contributed by atoms with Crippen LogP contribution < -0.4 is 4.74 Å². The number of alkyl halides is 1. The molecule has 2 aliphatic heterocycles. The van der Waals surface area contributed by atoms with Gasteiger partial charge in [0.2, 0.25) is 5.91 Å². The minimum Gasteiger partial charge on any atom is -0.497 e. The second kappa shape index (κ2) is 6.24. The number of hydrogen-bond donors (Lipinski definition) is 0. The molecule has 2 aliphatic rings. The fraction of sp³-hybridized carbons (Fsp3) is 0.588. The van der Waals surface area contributed by atoms with Gasteiger partial charge in [-0.25, -0.2) is 4.39 Å². The zero-order valence-corrected chi connectivity index (χ0v) is 13.2. The monoisotopic (exact) mass is 306 g/mol.